The van der Waals surface area contributed by atoms with Gasteiger partial charge in [0.25, 0.3) is 0 Å². The summed E-state index contributed by atoms with van der Waals surface area (Å²) in [7, 11) is 0. The third-order valence-electron chi connectivity index (χ3n) is 2.99. The highest BCUT2D eigenvalue weighted by Gasteiger charge is 2.20. The number of halogens is 2. The molecule has 5 heteroatoms. The average Bonchev–Trinajstić information content (AvgIpc) is 2.39. The van der Waals surface area contributed by atoms with Gasteiger partial charge in [-0.25, -0.2) is 4.98 Å². The molecule has 19 heavy (non-hydrogen) atoms. The maximum absolute atomic E-state index is 6.02. The lowest BCUT2D eigenvalue weighted by molar-refractivity contribution is 0.304. The van der Waals surface area contributed by atoms with Crippen molar-refractivity contribution in [2.75, 3.05) is 18.1 Å². The second-order valence-corrected chi connectivity index (χ2v) is 5.60. The molecule has 0 N–H and O–H groups in total. The Bertz CT molecular complexity index is 606. The molecule has 0 spiro atoms. The summed E-state index contributed by atoms with van der Waals surface area (Å²) in [5.74, 6) is 1.71. The zero-order chi connectivity index (χ0) is 13.2. The first-order valence-electron chi connectivity index (χ1n) is 6.01. The highest BCUT2D eigenvalue weighted by Crippen LogP contribution is 2.32. The van der Waals surface area contributed by atoms with Crippen molar-refractivity contribution in [2.24, 2.45) is 0 Å². The maximum Gasteiger partial charge on any atom is 0.172 e. The molecule has 3 rings (SSSR count). The zero-order valence-corrected chi connectivity index (χ0v) is 12.5. The van der Waals surface area contributed by atoms with Gasteiger partial charge in [-0.1, -0.05) is 23.7 Å². The van der Waals surface area contributed by atoms with Crippen LogP contribution < -0.4 is 9.64 Å². The normalized spacial score (nSPS) is 13.9. The van der Waals surface area contributed by atoms with E-state index in [-0.39, 0.29) is 0 Å². The SMILES string of the molecule is Clc1cccc(CN2CCOc3ccc(Br)nc32)c1. The van der Waals surface area contributed by atoms with Crippen molar-refractivity contribution in [3.8, 4) is 5.75 Å². The van der Waals surface area contributed by atoms with Crippen molar-refractivity contribution in [2.45, 2.75) is 6.54 Å². The number of rotatable bonds is 2. The molecule has 0 radical (unpaired) electrons. The van der Waals surface area contributed by atoms with E-state index in [4.69, 9.17) is 16.3 Å². The molecular formula is C14H12BrClN2O. The fraction of sp³-hybridized carbons (Fsp3) is 0.214. The van der Waals surface area contributed by atoms with Gasteiger partial charge in [-0.05, 0) is 45.8 Å². The molecule has 0 fully saturated rings. The number of hydrogen-bond acceptors (Lipinski definition) is 3. The molecule has 0 amide bonds. The Labute approximate surface area is 125 Å². The standard InChI is InChI=1S/C14H12BrClN2O/c15-13-5-4-12-14(17-13)18(6-7-19-12)9-10-2-1-3-11(16)8-10/h1-5,8H,6-7,9H2. The van der Waals surface area contributed by atoms with Gasteiger partial charge in [0, 0.05) is 11.6 Å². The lowest BCUT2D eigenvalue weighted by Gasteiger charge is -2.30. The molecule has 1 aliphatic heterocycles. The predicted molar refractivity (Wildman–Crippen MR) is 79.9 cm³/mol. The number of aromatic nitrogens is 1. The summed E-state index contributed by atoms with van der Waals surface area (Å²) < 4.78 is 6.43. The molecule has 1 aromatic heterocycles. The predicted octanol–water partition coefficient (Wildman–Crippen LogP) is 3.90. The van der Waals surface area contributed by atoms with E-state index in [9.17, 15) is 0 Å². The third kappa shape index (κ3) is 2.85. The first-order chi connectivity index (χ1) is 9.22. The quantitative estimate of drug-likeness (QED) is 0.776. The fourth-order valence-corrected chi connectivity index (χ4v) is 2.65. The molecule has 0 saturated heterocycles. The second-order valence-electron chi connectivity index (χ2n) is 4.36. The summed E-state index contributed by atoms with van der Waals surface area (Å²) in [6.07, 6.45) is 0. The molecule has 0 atom stereocenters. The molecule has 0 saturated carbocycles. The van der Waals surface area contributed by atoms with E-state index >= 15 is 0 Å². The second kappa shape index (κ2) is 5.39. The van der Waals surface area contributed by atoms with Crippen molar-refractivity contribution in [3.63, 3.8) is 0 Å². The largest absolute Gasteiger partial charge is 0.488 e. The number of ether oxygens (including phenoxy) is 1. The summed E-state index contributed by atoms with van der Waals surface area (Å²) in [6.45, 7) is 2.28. The van der Waals surface area contributed by atoms with E-state index in [2.05, 4.69) is 31.9 Å². The molecule has 98 valence electrons. The summed E-state index contributed by atoms with van der Waals surface area (Å²) >= 11 is 9.42. The summed E-state index contributed by atoms with van der Waals surface area (Å²) in [4.78, 5) is 6.70. The van der Waals surface area contributed by atoms with Gasteiger partial charge in [0.2, 0.25) is 0 Å². The highest BCUT2D eigenvalue weighted by molar-refractivity contribution is 9.10. The van der Waals surface area contributed by atoms with E-state index in [1.165, 1.54) is 5.56 Å². The monoisotopic (exact) mass is 338 g/mol. The molecule has 3 nitrogen and oxygen atoms in total. The highest BCUT2D eigenvalue weighted by atomic mass is 79.9. The van der Waals surface area contributed by atoms with Gasteiger partial charge in [-0.3, -0.25) is 0 Å². The van der Waals surface area contributed by atoms with E-state index in [0.29, 0.717) is 6.61 Å². The maximum atomic E-state index is 6.02. The molecule has 2 heterocycles. The number of pyridine rings is 1. The van der Waals surface area contributed by atoms with Gasteiger partial charge in [0.1, 0.15) is 11.2 Å². The summed E-state index contributed by atoms with van der Waals surface area (Å²) in [6, 6.07) is 11.7. The Balaban J connectivity index is 1.89. The van der Waals surface area contributed by atoms with E-state index in [1.54, 1.807) is 0 Å². The Morgan fingerprint density at radius 2 is 2.21 bits per heavy atom. The summed E-state index contributed by atoms with van der Waals surface area (Å²) in [5, 5.41) is 0.758. The number of anilines is 1. The van der Waals surface area contributed by atoms with Crippen LogP contribution in [-0.4, -0.2) is 18.1 Å². The number of benzene rings is 1. The van der Waals surface area contributed by atoms with Crippen molar-refractivity contribution in [3.05, 3.63) is 51.6 Å². The van der Waals surface area contributed by atoms with Crippen molar-refractivity contribution >= 4 is 33.3 Å². The lowest BCUT2D eigenvalue weighted by atomic mass is 10.2. The number of hydrogen-bond donors (Lipinski definition) is 0. The van der Waals surface area contributed by atoms with Crippen LogP contribution in [0.25, 0.3) is 0 Å². The van der Waals surface area contributed by atoms with Crippen LogP contribution in [0.5, 0.6) is 5.75 Å². The Morgan fingerprint density at radius 1 is 1.32 bits per heavy atom. The average molecular weight is 340 g/mol. The van der Waals surface area contributed by atoms with Crippen LogP contribution in [-0.2, 0) is 6.54 Å². The first kappa shape index (κ1) is 12.8. The van der Waals surface area contributed by atoms with Crippen LogP contribution in [0.15, 0.2) is 41.0 Å². The van der Waals surface area contributed by atoms with Crippen molar-refractivity contribution in [1.29, 1.82) is 0 Å². The third-order valence-corrected chi connectivity index (χ3v) is 3.66. The van der Waals surface area contributed by atoms with Gasteiger partial charge in [0.05, 0.1) is 6.54 Å². The van der Waals surface area contributed by atoms with E-state index in [0.717, 1.165) is 34.3 Å². The van der Waals surface area contributed by atoms with Crippen LogP contribution in [0.4, 0.5) is 5.82 Å². The molecule has 0 unspecified atom stereocenters. The van der Waals surface area contributed by atoms with E-state index in [1.807, 2.05) is 30.3 Å². The lowest BCUT2D eigenvalue weighted by Crippen LogP contribution is -2.33. The Hall–Kier alpha value is -1.26. The molecular weight excluding hydrogens is 328 g/mol. The molecule has 0 aliphatic carbocycles. The Kier molecular flexibility index (Phi) is 3.62. The fourth-order valence-electron chi connectivity index (χ4n) is 2.13. The minimum Gasteiger partial charge on any atom is -0.488 e. The molecule has 1 aliphatic rings. The number of nitrogens with zero attached hydrogens (tertiary/aromatic N) is 2. The smallest absolute Gasteiger partial charge is 0.172 e. The van der Waals surface area contributed by atoms with Crippen LogP contribution in [0.1, 0.15) is 5.56 Å². The van der Waals surface area contributed by atoms with Gasteiger partial charge >= 0.3 is 0 Å². The van der Waals surface area contributed by atoms with Crippen LogP contribution in [0.3, 0.4) is 0 Å². The first-order valence-corrected chi connectivity index (χ1v) is 7.18. The van der Waals surface area contributed by atoms with Crippen LogP contribution in [0.2, 0.25) is 5.02 Å². The molecule has 0 bridgehead atoms. The van der Waals surface area contributed by atoms with Gasteiger partial charge in [-0.15, -0.1) is 0 Å². The van der Waals surface area contributed by atoms with Crippen LogP contribution >= 0.6 is 27.5 Å². The topological polar surface area (TPSA) is 25.4 Å². The van der Waals surface area contributed by atoms with Crippen LogP contribution in [0, 0.1) is 0 Å². The number of fused-ring (bicyclic) bond motifs is 1. The minimum absolute atomic E-state index is 0.677. The van der Waals surface area contributed by atoms with Crippen molar-refractivity contribution in [1.82, 2.24) is 4.98 Å². The van der Waals surface area contributed by atoms with Crippen molar-refractivity contribution < 1.29 is 4.74 Å². The van der Waals surface area contributed by atoms with Gasteiger partial charge in [0.15, 0.2) is 11.6 Å². The van der Waals surface area contributed by atoms with Gasteiger partial charge in [-0.2, -0.15) is 0 Å². The minimum atomic E-state index is 0.677. The summed E-state index contributed by atoms with van der Waals surface area (Å²) in [5.41, 5.74) is 1.17. The molecule has 2 aromatic rings. The van der Waals surface area contributed by atoms with Gasteiger partial charge < -0.3 is 9.64 Å². The zero-order valence-electron chi connectivity index (χ0n) is 10.1. The molecule has 1 aromatic carbocycles. The van der Waals surface area contributed by atoms with E-state index < -0.39 is 0 Å². The Morgan fingerprint density at radius 3 is 3.05 bits per heavy atom.